The van der Waals surface area contributed by atoms with Gasteiger partial charge in [-0.05, 0) is 30.7 Å². The lowest BCUT2D eigenvalue weighted by Crippen LogP contribution is -2.12. The molecule has 0 fully saturated rings. The summed E-state index contributed by atoms with van der Waals surface area (Å²) in [6.45, 7) is 1.67. The van der Waals surface area contributed by atoms with Crippen molar-refractivity contribution in [3.63, 3.8) is 0 Å². The van der Waals surface area contributed by atoms with Crippen molar-refractivity contribution < 1.29 is 19.2 Å². The number of ether oxygens (including phenoxy) is 1. The van der Waals surface area contributed by atoms with Crippen LogP contribution >= 0.6 is 0 Å². The molecule has 2 rings (SSSR count). The van der Waals surface area contributed by atoms with Crippen LogP contribution in [0.5, 0.6) is 0 Å². The van der Waals surface area contributed by atoms with Crippen LogP contribution < -0.4 is 5.73 Å². The molecular weight excluding hydrogens is 324 g/mol. The lowest BCUT2D eigenvalue weighted by atomic mass is 10.1. The zero-order chi connectivity index (χ0) is 18.4. The summed E-state index contributed by atoms with van der Waals surface area (Å²) in [5.74, 6) is -1.40. The van der Waals surface area contributed by atoms with Gasteiger partial charge in [0.05, 0.1) is 10.5 Å². The zero-order valence-corrected chi connectivity index (χ0v) is 13.5. The summed E-state index contributed by atoms with van der Waals surface area (Å²) in [6, 6.07) is 11.3. The number of benzene rings is 2. The highest BCUT2D eigenvalue weighted by molar-refractivity contribution is 5.93. The van der Waals surface area contributed by atoms with Crippen LogP contribution in [-0.2, 0) is 16.1 Å². The van der Waals surface area contributed by atoms with Crippen LogP contribution in [0.2, 0.25) is 0 Å². The largest absolute Gasteiger partial charge is 0.457 e. The van der Waals surface area contributed by atoms with E-state index in [9.17, 15) is 19.7 Å². The Morgan fingerprint density at radius 3 is 2.48 bits per heavy atom. The van der Waals surface area contributed by atoms with E-state index >= 15 is 0 Å². The first-order valence-corrected chi connectivity index (χ1v) is 7.35. The van der Waals surface area contributed by atoms with Crippen molar-refractivity contribution in [2.45, 2.75) is 13.5 Å². The van der Waals surface area contributed by atoms with E-state index in [0.29, 0.717) is 0 Å². The SMILES string of the molecule is Cc1ccc(/C=C/C(=O)OCc2ccc(C(N)=O)cc2[N+](=O)[O-])cc1. The molecule has 0 unspecified atom stereocenters. The number of nitro groups is 1. The predicted octanol–water partition coefficient (Wildman–Crippen LogP) is 2.76. The smallest absolute Gasteiger partial charge is 0.331 e. The number of hydrogen-bond donors (Lipinski definition) is 1. The molecule has 2 aromatic carbocycles. The summed E-state index contributed by atoms with van der Waals surface area (Å²) < 4.78 is 5.02. The van der Waals surface area contributed by atoms with Gasteiger partial charge in [-0.15, -0.1) is 0 Å². The maximum atomic E-state index is 11.8. The first-order valence-electron chi connectivity index (χ1n) is 7.35. The molecule has 0 radical (unpaired) electrons. The van der Waals surface area contributed by atoms with E-state index in [2.05, 4.69) is 0 Å². The number of rotatable bonds is 6. The lowest BCUT2D eigenvalue weighted by Gasteiger charge is -2.05. The molecule has 2 aromatic rings. The molecule has 7 heteroatoms. The highest BCUT2D eigenvalue weighted by Crippen LogP contribution is 2.21. The zero-order valence-electron chi connectivity index (χ0n) is 13.5. The number of primary amides is 1. The topological polar surface area (TPSA) is 113 Å². The second kappa shape index (κ2) is 7.87. The summed E-state index contributed by atoms with van der Waals surface area (Å²) in [5, 5.41) is 11.1. The van der Waals surface area contributed by atoms with E-state index < -0.39 is 16.8 Å². The van der Waals surface area contributed by atoms with Gasteiger partial charge in [0.15, 0.2) is 0 Å². The van der Waals surface area contributed by atoms with Crippen molar-refractivity contribution in [1.82, 2.24) is 0 Å². The summed E-state index contributed by atoms with van der Waals surface area (Å²) in [4.78, 5) is 33.3. The van der Waals surface area contributed by atoms with Crippen molar-refractivity contribution in [3.8, 4) is 0 Å². The number of amides is 1. The molecule has 128 valence electrons. The van der Waals surface area contributed by atoms with E-state index in [-0.39, 0.29) is 23.4 Å². The third kappa shape index (κ3) is 5.00. The van der Waals surface area contributed by atoms with Crippen LogP contribution in [0.3, 0.4) is 0 Å². The molecule has 0 saturated heterocycles. The number of carbonyl (C=O) groups excluding carboxylic acids is 2. The summed E-state index contributed by atoms with van der Waals surface area (Å²) in [6.07, 6.45) is 2.83. The van der Waals surface area contributed by atoms with Crippen LogP contribution in [0.1, 0.15) is 27.0 Å². The molecule has 0 aliphatic rings. The van der Waals surface area contributed by atoms with Gasteiger partial charge in [0, 0.05) is 17.7 Å². The van der Waals surface area contributed by atoms with E-state index in [1.54, 1.807) is 6.08 Å². The van der Waals surface area contributed by atoms with Crippen LogP contribution in [0.4, 0.5) is 5.69 Å². The molecule has 7 nitrogen and oxygen atoms in total. The lowest BCUT2D eigenvalue weighted by molar-refractivity contribution is -0.385. The molecular formula is C18H16N2O5. The van der Waals surface area contributed by atoms with Crippen LogP contribution in [0.15, 0.2) is 48.5 Å². The number of aryl methyl sites for hydroxylation is 1. The predicted molar refractivity (Wildman–Crippen MR) is 91.6 cm³/mol. The Morgan fingerprint density at radius 1 is 1.20 bits per heavy atom. The minimum absolute atomic E-state index is 0.0149. The van der Waals surface area contributed by atoms with Gasteiger partial charge in [-0.3, -0.25) is 14.9 Å². The number of hydrogen-bond acceptors (Lipinski definition) is 5. The van der Waals surface area contributed by atoms with Crippen molar-refractivity contribution in [1.29, 1.82) is 0 Å². The maximum absolute atomic E-state index is 11.8. The Labute approximate surface area is 143 Å². The van der Waals surface area contributed by atoms with Gasteiger partial charge < -0.3 is 10.5 Å². The molecule has 0 spiro atoms. The minimum atomic E-state index is -0.771. The first-order chi connectivity index (χ1) is 11.9. The Hall–Kier alpha value is -3.48. The number of nitrogens with two attached hydrogens (primary N) is 1. The van der Waals surface area contributed by atoms with E-state index in [0.717, 1.165) is 17.2 Å². The molecule has 1 amide bonds. The van der Waals surface area contributed by atoms with Gasteiger partial charge in [0.2, 0.25) is 5.91 Å². The monoisotopic (exact) mass is 340 g/mol. The van der Waals surface area contributed by atoms with Gasteiger partial charge in [-0.1, -0.05) is 29.8 Å². The van der Waals surface area contributed by atoms with Crippen LogP contribution in [0, 0.1) is 17.0 Å². The Bertz CT molecular complexity index is 841. The minimum Gasteiger partial charge on any atom is -0.457 e. The number of esters is 1. The summed E-state index contributed by atoms with van der Waals surface area (Å²) >= 11 is 0. The molecule has 0 bridgehead atoms. The van der Waals surface area contributed by atoms with Crippen molar-refractivity contribution in [2.75, 3.05) is 0 Å². The third-order valence-electron chi connectivity index (χ3n) is 3.43. The van der Waals surface area contributed by atoms with Crippen LogP contribution in [0.25, 0.3) is 6.08 Å². The second-order valence-electron chi connectivity index (χ2n) is 5.32. The van der Waals surface area contributed by atoms with Crippen molar-refractivity contribution in [3.05, 3.63) is 80.9 Å². The number of carbonyl (C=O) groups is 2. The second-order valence-corrected chi connectivity index (χ2v) is 5.32. The summed E-state index contributed by atoms with van der Waals surface area (Å²) in [5.41, 5.74) is 6.90. The van der Waals surface area contributed by atoms with Gasteiger partial charge in [-0.2, -0.15) is 0 Å². The van der Waals surface area contributed by atoms with Gasteiger partial charge >= 0.3 is 5.97 Å². The molecule has 0 aromatic heterocycles. The van der Waals surface area contributed by atoms with E-state index in [4.69, 9.17) is 10.5 Å². The van der Waals surface area contributed by atoms with Crippen LogP contribution in [-0.4, -0.2) is 16.8 Å². The number of nitro benzene ring substituents is 1. The first kappa shape index (κ1) is 17.9. The van der Waals surface area contributed by atoms with E-state index in [1.165, 1.54) is 18.2 Å². The fourth-order valence-corrected chi connectivity index (χ4v) is 2.05. The third-order valence-corrected chi connectivity index (χ3v) is 3.43. The normalized spacial score (nSPS) is 10.6. The molecule has 25 heavy (non-hydrogen) atoms. The highest BCUT2D eigenvalue weighted by atomic mass is 16.6. The molecule has 0 aliphatic heterocycles. The fourth-order valence-electron chi connectivity index (χ4n) is 2.05. The standard InChI is InChI=1S/C18H16N2O5/c1-12-2-4-13(5-3-12)6-9-17(21)25-11-15-8-7-14(18(19)22)10-16(15)20(23)24/h2-10H,11H2,1H3,(H2,19,22)/b9-6+. The molecule has 0 saturated carbocycles. The van der Waals surface area contributed by atoms with Crippen molar-refractivity contribution in [2.24, 2.45) is 5.73 Å². The molecule has 0 atom stereocenters. The summed E-state index contributed by atoms with van der Waals surface area (Å²) in [7, 11) is 0. The molecule has 0 aliphatic carbocycles. The van der Waals surface area contributed by atoms with Gasteiger partial charge in [0.1, 0.15) is 6.61 Å². The molecule has 2 N–H and O–H groups in total. The van der Waals surface area contributed by atoms with E-state index in [1.807, 2.05) is 31.2 Å². The Morgan fingerprint density at radius 2 is 1.88 bits per heavy atom. The Kier molecular flexibility index (Phi) is 5.62. The molecule has 0 heterocycles. The van der Waals surface area contributed by atoms with Gasteiger partial charge in [0.25, 0.3) is 5.69 Å². The maximum Gasteiger partial charge on any atom is 0.331 e. The Balaban J connectivity index is 2.05. The average molecular weight is 340 g/mol. The van der Waals surface area contributed by atoms with Gasteiger partial charge in [-0.25, -0.2) is 4.79 Å². The van der Waals surface area contributed by atoms with Crippen molar-refractivity contribution >= 4 is 23.6 Å². The quantitative estimate of drug-likeness (QED) is 0.376. The highest BCUT2D eigenvalue weighted by Gasteiger charge is 2.17. The average Bonchev–Trinajstić information content (AvgIpc) is 2.59. The number of nitrogens with zero attached hydrogens (tertiary/aromatic N) is 1. The fraction of sp³-hybridized carbons (Fsp3) is 0.111.